The summed E-state index contributed by atoms with van der Waals surface area (Å²) in [7, 11) is 0. The monoisotopic (exact) mass is 79.1 g/mol. The number of quaternary nitrogens is 1. The van der Waals surface area contributed by atoms with Crippen LogP contribution in [0.15, 0.2) is 0 Å². The summed E-state index contributed by atoms with van der Waals surface area (Å²) in [6.07, 6.45) is -0.417. The first-order valence-electron chi connectivity index (χ1n) is 1.24. The van der Waals surface area contributed by atoms with Crippen molar-refractivity contribution in [2.45, 2.75) is 13.2 Å². The minimum atomic E-state index is -0.417. The van der Waals surface area contributed by atoms with E-state index in [-0.39, 0.29) is 5.48 Å². The van der Waals surface area contributed by atoms with E-state index in [2.05, 4.69) is 5.73 Å². The third kappa shape index (κ3) is 952. The summed E-state index contributed by atoms with van der Waals surface area (Å²) in [6.45, 7) is 1.61. The molecule has 0 rings (SSSR count). The summed E-state index contributed by atoms with van der Waals surface area (Å²) in [5, 5.41) is 7.94. The Morgan fingerprint density at radius 1 is 1.80 bits per heavy atom. The highest BCUT2D eigenvalue weighted by Gasteiger charge is 1.73. The van der Waals surface area contributed by atoms with Crippen molar-refractivity contribution in [3.63, 3.8) is 0 Å². The Hall–Kier alpha value is -0.120. The van der Waals surface area contributed by atoms with Crippen molar-refractivity contribution in [2.24, 2.45) is 0 Å². The summed E-state index contributed by atoms with van der Waals surface area (Å²) in [6, 6.07) is 0. The van der Waals surface area contributed by atoms with Gasteiger partial charge in [0.1, 0.15) is 0 Å². The average molecular weight is 79.1 g/mol. The highest BCUT2D eigenvalue weighted by atomic mass is 16.3. The van der Waals surface area contributed by atoms with Crippen molar-refractivity contribution < 1.29 is 16.3 Å². The molecule has 0 aromatic carbocycles. The Kier molecular flexibility index (Phi) is 6.87. The molecule has 0 radical (unpaired) electrons. The van der Waals surface area contributed by atoms with E-state index in [0.717, 1.165) is 0 Å². The summed E-state index contributed by atoms with van der Waals surface area (Å²) in [5.41, 5.74) is 3.19. The second kappa shape index (κ2) is 3.88. The van der Waals surface area contributed by atoms with Gasteiger partial charge in [-0.05, 0) is 0 Å². The topological polar surface area (TPSA) is 77.9 Å². The van der Waals surface area contributed by atoms with Crippen LogP contribution in [0.2, 0.25) is 0 Å². The predicted octanol–water partition coefficient (Wildman–Crippen LogP) is -1.61. The van der Waals surface area contributed by atoms with E-state index in [1.165, 1.54) is 0 Å². The fourth-order valence-corrected chi connectivity index (χ4v) is 0. The van der Waals surface area contributed by atoms with E-state index in [9.17, 15) is 0 Å². The van der Waals surface area contributed by atoms with Crippen LogP contribution < -0.4 is 5.73 Å². The molecule has 5 N–H and O–H groups in total. The molecule has 3 heteroatoms. The minimum Gasteiger partial charge on any atom is -0.870 e. The van der Waals surface area contributed by atoms with Crippen molar-refractivity contribution in [3.05, 3.63) is 0 Å². The van der Waals surface area contributed by atoms with E-state index < -0.39 is 6.23 Å². The van der Waals surface area contributed by atoms with Crippen molar-refractivity contribution in [3.8, 4) is 0 Å². The third-order valence-electron chi connectivity index (χ3n) is 0. The van der Waals surface area contributed by atoms with Gasteiger partial charge in [-0.25, -0.2) is 0 Å². The smallest absolute Gasteiger partial charge is 0.182 e. The van der Waals surface area contributed by atoms with Crippen LogP contribution in [0.3, 0.4) is 0 Å². The molecule has 0 aromatic heterocycles. The van der Waals surface area contributed by atoms with Gasteiger partial charge in [-0.1, -0.05) is 0 Å². The van der Waals surface area contributed by atoms with E-state index in [0.29, 0.717) is 0 Å². The maximum Gasteiger partial charge on any atom is 0.182 e. The third-order valence-corrected chi connectivity index (χ3v) is 0. The predicted molar refractivity (Wildman–Crippen MR) is 16.5 cm³/mol. The van der Waals surface area contributed by atoms with Gasteiger partial charge in [-0.15, -0.1) is 0 Å². The molecular weight excluding hydrogens is 70.0 g/mol. The minimum absolute atomic E-state index is 0. The molecular formula is C2H9NO2. The summed E-state index contributed by atoms with van der Waals surface area (Å²) < 4.78 is 0. The van der Waals surface area contributed by atoms with Crippen molar-refractivity contribution >= 4 is 0 Å². The van der Waals surface area contributed by atoms with Crippen molar-refractivity contribution in [1.82, 2.24) is 0 Å². The number of hydrogen-bond donors (Lipinski definition) is 2. The first-order chi connectivity index (χ1) is 1.73. The zero-order valence-corrected chi connectivity index (χ0v) is 3.18. The first kappa shape index (κ1) is 8.86. The van der Waals surface area contributed by atoms with Crippen LogP contribution in [0, 0.1) is 0 Å². The highest BCUT2D eigenvalue weighted by Crippen LogP contribution is 1.44. The zero-order chi connectivity index (χ0) is 3.58. The molecule has 3 nitrogen and oxygen atoms in total. The maximum atomic E-state index is 7.94. The van der Waals surface area contributed by atoms with Gasteiger partial charge in [-0.3, -0.25) is 0 Å². The van der Waals surface area contributed by atoms with Crippen molar-refractivity contribution in [2.75, 3.05) is 0 Å². The Morgan fingerprint density at radius 3 is 1.80 bits per heavy atom. The molecule has 5 heavy (non-hydrogen) atoms. The normalized spacial score (nSPS) is 12.6. The number of aliphatic hydroxyl groups is 1. The van der Waals surface area contributed by atoms with E-state index in [1.54, 1.807) is 6.92 Å². The van der Waals surface area contributed by atoms with Gasteiger partial charge < -0.3 is 16.3 Å². The summed E-state index contributed by atoms with van der Waals surface area (Å²) in [5.74, 6) is 0. The van der Waals surface area contributed by atoms with Crippen LogP contribution in [0.4, 0.5) is 0 Å². The Balaban J connectivity index is 0. The molecule has 0 heterocycles. The van der Waals surface area contributed by atoms with E-state index in [1.807, 2.05) is 0 Å². The molecule has 0 fully saturated rings. The van der Waals surface area contributed by atoms with Crippen LogP contribution in [0.5, 0.6) is 0 Å². The summed E-state index contributed by atoms with van der Waals surface area (Å²) >= 11 is 0. The van der Waals surface area contributed by atoms with Gasteiger partial charge >= 0.3 is 0 Å². The molecule has 1 atom stereocenters. The second-order valence-electron chi connectivity index (χ2n) is 0.849. The molecule has 0 aliphatic rings. The fraction of sp³-hybridized carbons (Fsp3) is 1.00. The lowest BCUT2D eigenvalue weighted by Gasteiger charge is -1.77. The van der Waals surface area contributed by atoms with E-state index >= 15 is 0 Å². The van der Waals surface area contributed by atoms with Crippen LogP contribution >= 0.6 is 0 Å². The Morgan fingerprint density at radius 2 is 1.80 bits per heavy atom. The Labute approximate surface area is 30.7 Å². The molecule has 0 bridgehead atoms. The lowest BCUT2D eigenvalue weighted by atomic mass is 10.7. The number of rotatable bonds is 0. The molecule has 0 amide bonds. The molecule has 0 saturated heterocycles. The molecule has 0 aliphatic heterocycles. The Bertz CT molecular complexity index is 12.4. The lowest BCUT2D eigenvalue weighted by Crippen LogP contribution is -2.58. The number of hydrogen-bond acceptors (Lipinski definition) is 2. The SMILES string of the molecule is CC([NH3+])O.[OH-]. The van der Waals surface area contributed by atoms with Gasteiger partial charge in [0, 0.05) is 6.92 Å². The molecule has 0 aliphatic carbocycles. The molecule has 0 spiro atoms. The van der Waals surface area contributed by atoms with Gasteiger partial charge in [0.15, 0.2) is 6.23 Å². The quantitative estimate of drug-likeness (QED) is 0.343. The number of aliphatic hydroxyl groups excluding tert-OH is 1. The van der Waals surface area contributed by atoms with Crippen LogP contribution in [-0.4, -0.2) is 16.8 Å². The fourth-order valence-electron chi connectivity index (χ4n) is 0. The molecule has 0 aromatic rings. The second-order valence-corrected chi connectivity index (χ2v) is 0.849. The molecule has 0 saturated carbocycles. The lowest BCUT2D eigenvalue weighted by molar-refractivity contribution is -0.475. The summed E-state index contributed by atoms with van der Waals surface area (Å²) in [4.78, 5) is 0. The van der Waals surface area contributed by atoms with Crippen LogP contribution in [-0.2, 0) is 0 Å². The van der Waals surface area contributed by atoms with Crippen molar-refractivity contribution in [1.29, 1.82) is 0 Å². The largest absolute Gasteiger partial charge is 0.870 e. The zero-order valence-electron chi connectivity index (χ0n) is 3.18. The van der Waals surface area contributed by atoms with Gasteiger partial charge in [0.25, 0.3) is 0 Å². The van der Waals surface area contributed by atoms with E-state index in [4.69, 9.17) is 5.11 Å². The highest BCUT2D eigenvalue weighted by molar-refractivity contribution is 3.98. The van der Waals surface area contributed by atoms with Crippen LogP contribution in [0.25, 0.3) is 0 Å². The standard InChI is InChI=1S/C2H7NO.H2O/c1-2(3)4;/h2,4H,3H2,1H3;1H2. The molecule has 1 unspecified atom stereocenters. The first-order valence-corrected chi connectivity index (χ1v) is 1.24. The van der Waals surface area contributed by atoms with Gasteiger partial charge in [0.2, 0.25) is 0 Å². The average Bonchev–Trinajstić information content (AvgIpc) is 0.811. The van der Waals surface area contributed by atoms with Gasteiger partial charge in [0.05, 0.1) is 0 Å². The molecule has 34 valence electrons. The maximum absolute atomic E-state index is 7.94. The van der Waals surface area contributed by atoms with Gasteiger partial charge in [-0.2, -0.15) is 0 Å². The van der Waals surface area contributed by atoms with Crippen LogP contribution in [0.1, 0.15) is 6.92 Å².